The van der Waals surface area contributed by atoms with Gasteiger partial charge in [-0.3, -0.25) is 19.2 Å². The smallest absolute Gasteiger partial charge is 0.313 e. The normalized spacial score (nSPS) is 9.85. The summed E-state index contributed by atoms with van der Waals surface area (Å²) in [5.74, 6) is -2.77. The topological polar surface area (TPSA) is 97.7 Å². The van der Waals surface area contributed by atoms with Crippen LogP contribution in [0, 0.1) is 0 Å². The molecule has 6 nitrogen and oxygen atoms in total. The van der Waals surface area contributed by atoms with Crippen LogP contribution in [0.25, 0.3) is 0 Å². The molecule has 0 aliphatic carbocycles. The van der Waals surface area contributed by atoms with Crippen LogP contribution in [-0.2, 0) is 14.3 Å². The molecule has 0 aromatic heterocycles. The Morgan fingerprint density at radius 1 is 0.950 bits per heavy atom. The second kappa shape index (κ2) is 7.18. The van der Waals surface area contributed by atoms with Crippen molar-refractivity contribution in [3.8, 4) is 0 Å². The molecule has 0 bridgehead atoms. The van der Waals surface area contributed by atoms with Gasteiger partial charge in [0.15, 0.2) is 11.6 Å². The molecule has 0 amide bonds. The van der Waals surface area contributed by atoms with Crippen molar-refractivity contribution in [1.29, 1.82) is 0 Å². The molecular weight excluding hydrogens is 264 g/mol. The van der Waals surface area contributed by atoms with Gasteiger partial charge in [-0.1, -0.05) is 24.3 Å². The van der Waals surface area contributed by atoms with E-state index in [0.717, 1.165) is 0 Å². The van der Waals surface area contributed by atoms with Gasteiger partial charge in [-0.15, -0.1) is 0 Å². The summed E-state index contributed by atoms with van der Waals surface area (Å²) in [4.78, 5) is 44.7. The van der Waals surface area contributed by atoms with Crippen molar-refractivity contribution in [3.63, 3.8) is 0 Å². The summed E-state index contributed by atoms with van der Waals surface area (Å²) >= 11 is 0. The van der Waals surface area contributed by atoms with Crippen LogP contribution in [0.4, 0.5) is 0 Å². The molecule has 0 spiro atoms. The number of ether oxygens (including phenoxy) is 1. The second-order valence-electron chi connectivity index (χ2n) is 3.98. The van der Waals surface area contributed by atoms with Crippen LogP contribution < -0.4 is 0 Å². The van der Waals surface area contributed by atoms with Gasteiger partial charge in [-0.2, -0.15) is 0 Å². The van der Waals surface area contributed by atoms with E-state index in [0.29, 0.717) is 0 Å². The summed E-state index contributed by atoms with van der Waals surface area (Å²) in [6.07, 6.45) is -0.966. The quantitative estimate of drug-likeness (QED) is 0.461. The lowest BCUT2D eigenvalue weighted by atomic mass is 10.0. The van der Waals surface area contributed by atoms with Gasteiger partial charge >= 0.3 is 11.9 Å². The predicted octanol–water partition coefficient (Wildman–Crippen LogP) is 1.48. The molecule has 1 rings (SSSR count). The van der Waals surface area contributed by atoms with Gasteiger partial charge in [0.05, 0.1) is 6.61 Å². The molecule has 0 saturated heterocycles. The molecule has 0 unspecified atom stereocenters. The van der Waals surface area contributed by atoms with E-state index in [-0.39, 0.29) is 24.2 Å². The highest BCUT2D eigenvalue weighted by atomic mass is 16.5. The lowest BCUT2D eigenvalue weighted by Crippen LogP contribution is -2.12. The van der Waals surface area contributed by atoms with Crippen molar-refractivity contribution in [3.05, 3.63) is 35.4 Å². The molecule has 0 radical (unpaired) electrons. The minimum Gasteiger partial charge on any atom is -0.481 e. The summed E-state index contributed by atoms with van der Waals surface area (Å²) in [6.45, 7) is 1.85. The molecule has 1 aromatic carbocycles. The SMILES string of the molecule is CCOC(=O)CC(=O)c1ccc(C(=O)CC(=O)O)cc1. The maximum Gasteiger partial charge on any atom is 0.313 e. The zero-order valence-electron chi connectivity index (χ0n) is 10.9. The summed E-state index contributed by atoms with van der Waals surface area (Å²) in [6, 6.07) is 5.50. The Morgan fingerprint density at radius 2 is 1.40 bits per heavy atom. The number of aliphatic carboxylic acids is 1. The number of ketones is 2. The highest BCUT2D eigenvalue weighted by Gasteiger charge is 2.14. The zero-order chi connectivity index (χ0) is 15.1. The fraction of sp³-hybridized carbons (Fsp3) is 0.286. The Kier molecular flexibility index (Phi) is 5.58. The summed E-state index contributed by atoms with van der Waals surface area (Å²) in [5, 5.41) is 8.51. The number of esters is 1. The molecule has 1 aromatic rings. The van der Waals surface area contributed by atoms with Gasteiger partial charge < -0.3 is 9.84 Å². The number of carbonyl (C=O) groups is 4. The maximum absolute atomic E-state index is 11.7. The van der Waals surface area contributed by atoms with Crippen molar-refractivity contribution in [1.82, 2.24) is 0 Å². The van der Waals surface area contributed by atoms with E-state index in [1.807, 2.05) is 0 Å². The standard InChI is InChI=1S/C14H14O6/c1-2-20-14(19)8-12(16)10-5-3-9(4-6-10)11(15)7-13(17)18/h3-6H,2,7-8H2,1H3,(H,17,18). The van der Waals surface area contributed by atoms with Gasteiger partial charge in [-0.25, -0.2) is 0 Å². The van der Waals surface area contributed by atoms with Crippen LogP contribution in [0.5, 0.6) is 0 Å². The molecule has 0 aliphatic heterocycles. The first-order valence-corrected chi connectivity index (χ1v) is 5.98. The van der Waals surface area contributed by atoms with Crippen LogP contribution in [0.2, 0.25) is 0 Å². The van der Waals surface area contributed by atoms with Gasteiger partial charge in [0.25, 0.3) is 0 Å². The Bertz CT molecular complexity index is 529. The fourth-order valence-corrected chi connectivity index (χ4v) is 1.53. The fourth-order valence-electron chi connectivity index (χ4n) is 1.53. The maximum atomic E-state index is 11.7. The minimum absolute atomic E-state index is 0.203. The largest absolute Gasteiger partial charge is 0.481 e. The van der Waals surface area contributed by atoms with Crippen LogP contribution in [-0.4, -0.2) is 35.2 Å². The molecule has 0 atom stereocenters. The number of benzene rings is 1. The molecule has 0 fully saturated rings. The van der Waals surface area contributed by atoms with Crippen molar-refractivity contribution in [2.75, 3.05) is 6.61 Å². The molecule has 20 heavy (non-hydrogen) atoms. The molecule has 0 heterocycles. The van der Waals surface area contributed by atoms with Crippen molar-refractivity contribution >= 4 is 23.5 Å². The molecule has 0 saturated carbocycles. The van der Waals surface area contributed by atoms with E-state index in [2.05, 4.69) is 4.74 Å². The first kappa shape index (κ1) is 15.6. The van der Waals surface area contributed by atoms with E-state index >= 15 is 0 Å². The number of hydrogen-bond acceptors (Lipinski definition) is 5. The second-order valence-corrected chi connectivity index (χ2v) is 3.98. The van der Waals surface area contributed by atoms with E-state index in [1.54, 1.807) is 6.92 Å². The summed E-state index contributed by atoms with van der Waals surface area (Å²) in [7, 11) is 0. The van der Waals surface area contributed by atoms with Crippen LogP contribution >= 0.6 is 0 Å². The number of carboxylic acids is 1. The highest BCUT2D eigenvalue weighted by Crippen LogP contribution is 2.09. The lowest BCUT2D eigenvalue weighted by Gasteiger charge is -2.03. The van der Waals surface area contributed by atoms with E-state index in [9.17, 15) is 19.2 Å². The van der Waals surface area contributed by atoms with E-state index in [4.69, 9.17) is 5.11 Å². The third-order valence-electron chi connectivity index (χ3n) is 2.45. The van der Waals surface area contributed by atoms with Crippen molar-refractivity contribution in [2.45, 2.75) is 19.8 Å². The third-order valence-corrected chi connectivity index (χ3v) is 2.45. The van der Waals surface area contributed by atoms with E-state index in [1.165, 1.54) is 24.3 Å². The lowest BCUT2D eigenvalue weighted by molar-refractivity contribution is -0.142. The van der Waals surface area contributed by atoms with Crippen LogP contribution in [0.15, 0.2) is 24.3 Å². The van der Waals surface area contributed by atoms with Gasteiger partial charge in [0.1, 0.15) is 12.8 Å². The van der Waals surface area contributed by atoms with Gasteiger partial charge in [-0.05, 0) is 6.92 Å². The average Bonchev–Trinajstić information content (AvgIpc) is 2.38. The van der Waals surface area contributed by atoms with Crippen molar-refractivity contribution in [2.24, 2.45) is 0 Å². The van der Waals surface area contributed by atoms with Gasteiger partial charge in [0.2, 0.25) is 0 Å². The molecule has 106 valence electrons. The van der Waals surface area contributed by atoms with Crippen molar-refractivity contribution < 1.29 is 29.0 Å². The summed E-state index contributed by atoms with van der Waals surface area (Å²) in [5.41, 5.74) is 0.477. The molecule has 1 N–H and O–H groups in total. The number of Topliss-reactive ketones (excluding diaryl/α,β-unsaturated/α-hetero) is 2. The van der Waals surface area contributed by atoms with Crippen LogP contribution in [0.1, 0.15) is 40.5 Å². The number of carboxylic acid groups (broad SMARTS) is 1. The first-order valence-electron chi connectivity index (χ1n) is 5.98. The Hall–Kier alpha value is -2.50. The Balaban J connectivity index is 2.71. The molecular formula is C14H14O6. The molecule has 6 heteroatoms. The minimum atomic E-state index is -1.21. The first-order chi connectivity index (χ1) is 9.43. The van der Waals surface area contributed by atoms with Crippen LogP contribution in [0.3, 0.4) is 0 Å². The summed E-state index contributed by atoms with van der Waals surface area (Å²) < 4.78 is 4.66. The monoisotopic (exact) mass is 278 g/mol. The highest BCUT2D eigenvalue weighted by molar-refractivity contribution is 6.08. The van der Waals surface area contributed by atoms with Gasteiger partial charge in [0, 0.05) is 11.1 Å². The third kappa shape index (κ3) is 4.64. The number of hydrogen-bond donors (Lipinski definition) is 1. The number of rotatable bonds is 7. The molecule has 0 aliphatic rings. The number of carbonyl (C=O) groups excluding carboxylic acids is 3. The average molecular weight is 278 g/mol. The van der Waals surface area contributed by atoms with E-state index < -0.39 is 29.9 Å². The predicted molar refractivity (Wildman–Crippen MR) is 68.6 cm³/mol. The zero-order valence-corrected chi connectivity index (χ0v) is 10.9. The Labute approximate surface area is 115 Å². The Morgan fingerprint density at radius 3 is 1.80 bits per heavy atom.